The summed E-state index contributed by atoms with van der Waals surface area (Å²) in [7, 11) is 3.14. The number of amides is 2. The largest absolute Gasteiger partial charge is 0.493 e. The topological polar surface area (TPSA) is 54.0 Å². The molecule has 1 heterocycles. The second kappa shape index (κ2) is 9.41. The number of rotatable bonds is 6. The molecule has 150 valence electrons. The van der Waals surface area contributed by atoms with E-state index in [1.807, 2.05) is 17.0 Å². The maximum absolute atomic E-state index is 13.0. The number of nitrogens with one attached hydrogen (secondary N) is 1. The highest BCUT2D eigenvalue weighted by Crippen LogP contribution is 2.29. The molecule has 0 atom stereocenters. The summed E-state index contributed by atoms with van der Waals surface area (Å²) in [5.74, 6) is 0.985. The highest BCUT2D eigenvalue weighted by Gasteiger charge is 2.21. The predicted molar refractivity (Wildman–Crippen MR) is 107 cm³/mol. The molecule has 28 heavy (non-hydrogen) atoms. The summed E-state index contributed by atoms with van der Waals surface area (Å²) in [6.07, 6.45) is 0.873. The lowest BCUT2D eigenvalue weighted by molar-refractivity contribution is 0.148. The molecular formula is C21H26FN3O3. The van der Waals surface area contributed by atoms with Crippen LogP contribution in [0.5, 0.6) is 11.5 Å². The molecular weight excluding hydrogens is 361 g/mol. The van der Waals surface area contributed by atoms with Crippen molar-refractivity contribution in [1.82, 2.24) is 9.80 Å². The number of anilines is 1. The summed E-state index contributed by atoms with van der Waals surface area (Å²) in [6, 6.07) is 11.8. The molecule has 1 aliphatic heterocycles. The second-order valence-corrected chi connectivity index (χ2v) is 6.71. The Morgan fingerprint density at radius 1 is 1.00 bits per heavy atom. The first-order chi connectivity index (χ1) is 13.6. The summed E-state index contributed by atoms with van der Waals surface area (Å²) >= 11 is 0. The molecule has 0 radical (unpaired) electrons. The van der Waals surface area contributed by atoms with Gasteiger partial charge in [0, 0.05) is 44.5 Å². The molecule has 0 aliphatic carbocycles. The van der Waals surface area contributed by atoms with Gasteiger partial charge in [-0.25, -0.2) is 9.18 Å². The summed E-state index contributed by atoms with van der Waals surface area (Å²) < 4.78 is 23.5. The van der Waals surface area contributed by atoms with E-state index in [-0.39, 0.29) is 11.8 Å². The number of carbonyl (C=O) groups excluding carboxylic acids is 1. The smallest absolute Gasteiger partial charge is 0.321 e. The Morgan fingerprint density at radius 2 is 1.68 bits per heavy atom. The van der Waals surface area contributed by atoms with Gasteiger partial charge in [-0.05, 0) is 36.2 Å². The van der Waals surface area contributed by atoms with Gasteiger partial charge in [-0.1, -0.05) is 12.1 Å². The lowest BCUT2D eigenvalue weighted by Gasteiger charge is -2.34. The number of benzene rings is 2. The third-order valence-electron chi connectivity index (χ3n) is 4.92. The van der Waals surface area contributed by atoms with E-state index in [1.54, 1.807) is 32.4 Å². The molecule has 2 amide bonds. The zero-order chi connectivity index (χ0) is 19.9. The third-order valence-corrected chi connectivity index (χ3v) is 4.92. The Hall–Kier alpha value is -2.80. The number of halogens is 1. The van der Waals surface area contributed by atoms with E-state index in [1.165, 1.54) is 12.1 Å². The van der Waals surface area contributed by atoms with Crippen LogP contribution >= 0.6 is 0 Å². The Morgan fingerprint density at radius 3 is 2.32 bits per heavy atom. The molecule has 0 spiro atoms. The Labute approximate surface area is 164 Å². The van der Waals surface area contributed by atoms with Crippen LogP contribution < -0.4 is 14.8 Å². The Kier molecular flexibility index (Phi) is 6.71. The van der Waals surface area contributed by atoms with Crippen LogP contribution in [0.15, 0.2) is 42.5 Å². The van der Waals surface area contributed by atoms with Crippen LogP contribution in [-0.2, 0) is 6.42 Å². The summed E-state index contributed by atoms with van der Waals surface area (Å²) in [4.78, 5) is 16.7. The quantitative estimate of drug-likeness (QED) is 0.827. The first kappa shape index (κ1) is 19.9. The van der Waals surface area contributed by atoms with Gasteiger partial charge >= 0.3 is 6.03 Å². The minimum atomic E-state index is -0.210. The third kappa shape index (κ3) is 5.13. The SMILES string of the molecule is COc1ccc(NC(=O)N2CCN(CCc3ccc(F)cc3)CC2)cc1OC. The average molecular weight is 387 g/mol. The fraction of sp³-hybridized carbons (Fsp3) is 0.381. The van der Waals surface area contributed by atoms with E-state index in [2.05, 4.69) is 10.2 Å². The van der Waals surface area contributed by atoms with Crippen molar-refractivity contribution in [3.63, 3.8) is 0 Å². The molecule has 2 aromatic carbocycles. The van der Waals surface area contributed by atoms with Crippen LogP contribution in [0.4, 0.5) is 14.9 Å². The molecule has 1 saturated heterocycles. The van der Waals surface area contributed by atoms with Crippen LogP contribution in [0, 0.1) is 5.82 Å². The first-order valence-corrected chi connectivity index (χ1v) is 9.34. The molecule has 0 bridgehead atoms. The minimum Gasteiger partial charge on any atom is -0.493 e. The van der Waals surface area contributed by atoms with E-state index in [4.69, 9.17) is 9.47 Å². The number of hydrogen-bond donors (Lipinski definition) is 1. The fourth-order valence-electron chi connectivity index (χ4n) is 3.23. The molecule has 1 fully saturated rings. The zero-order valence-electron chi connectivity index (χ0n) is 16.3. The van der Waals surface area contributed by atoms with Crippen molar-refractivity contribution in [3.05, 3.63) is 53.8 Å². The van der Waals surface area contributed by atoms with Crippen molar-refractivity contribution in [1.29, 1.82) is 0 Å². The number of carbonyl (C=O) groups is 1. The number of urea groups is 1. The van der Waals surface area contributed by atoms with E-state index in [9.17, 15) is 9.18 Å². The van der Waals surface area contributed by atoms with Crippen molar-refractivity contribution >= 4 is 11.7 Å². The monoisotopic (exact) mass is 387 g/mol. The van der Waals surface area contributed by atoms with Gasteiger partial charge in [-0.15, -0.1) is 0 Å². The van der Waals surface area contributed by atoms with Gasteiger partial charge in [0.1, 0.15) is 5.82 Å². The molecule has 3 rings (SSSR count). The summed E-state index contributed by atoms with van der Waals surface area (Å²) in [5.41, 5.74) is 1.79. The van der Waals surface area contributed by atoms with Crippen molar-refractivity contribution in [3.8, 4) is 11.5 Å². The van der Waals surface area contributed by atoms with Crippen LogP contribution in [0.25, 0.3) is 0 Å². The Bertz CT molecular complexity index is 790. The lowest BCUT2D eigenvalue weighted by atomic mass is 10.1. The maximum Gasteiger partial charge on any atom is 0.321 e. The molecule has 6 nitrogen and oxygen atoms in total. The van der Waals surface area contributed by atoms with Crippen molar-refractivity contribution in [2.45, 2.75) is 6.42 Å². The van der Waals surface area contributed by atoms with Gasteiger partial charge in [0.15, 0.2) is 11.5 Å². The number of nitrogens with zero attached hydrogens (tertiary/aromatic N) is 2. The van der Waals surface area contributed by atoms with Gasteiger partial charge < -0.3 is 19.7 Å². The van der Waals surface area contributed by atoms with Gasteiger partial charge in [0.2, 0.25) is 0 Å². The van der Waals surface area contributed by atoms with E-state index >= 15 is 0 Å². The highest BCUT2D eigenvalue weighted by molar-refractivity contribution is 5.89. The van der Waals surface area contributed by atoms with E-state index in [0.717, 1.165) is 31.6 Å². The van der Waals surface area contributed by atoms with Crippen LogP contribution in [0.2, 0.25) is 0 Å². The molecule has 0 saturated carbocycles. The van der Waals surface area contributed by atoms with Gasteiger partial charge in [-0.3, -0.25) is 4.90 Å². The normalized spacial score (nSPS) is 14.6. The number of hydrogen-bond acceptors (Lipinski definition) is 4. The standard InChI is InChI=1S/C21H26FN3O3/c1-27-19-8-7-18(15-20(19)28-2)23-21(26)25-13-11-24(12-14-25)10-9-16-3-5-17(22)6-4-16/h3-8,15H,9-14H2,1-2H3,(H,23,26). The first-order valence-electron chi connectivity index (χ1n) is 9.34. The van der Waals surface area contributed by atoms with Crippen LogP contribution in [-0.4, -0.2) is 62.8 Å². The van der Waals surface area contributed by atoms with E-state index in [0.29, 0.717) is 30.3 Å². The molecule has 2 aromatic rings. The zero-order valence-corrected chi connectivity index (χ0v) is 16.3. The summed E-state index contributed by atoms with van der Waals surface area (Å²) in [6.45, 7) is 3.88. The van der Waals surface area contributed by atoms with E-state index < -0.39 is 0 Å². The minimum absolute atomic E-state index is 0.120. The molecule has 1 N–H and O–H groups in total. The van der Waals surface area contributed by atoms with Crippen molar-refractivity contribution in [2.75, 3.05) is 52.3 Å². The van der Waals surface area contributed by atoms with Crippen LogP contribution in [0.1, 0.15) is 5.56 Å². The van der Waals surface area contributed by atoms with Gasteiger partial charge in [-0.2, -0.15) is 0 Å². The second-order valence-electron chi connectivity index (χ2n) is 6.71. The number of ether oxygens (including phenoxy) is 2. The predicted octanol–water partition coefficient (Wildman–Crippen LogP) is 3.24. The molecule has 1 aliphatic rings. The lowest BCUT2D eigenvalue weighted by Crippen LogP contribution is -2.50. The molecule has 0 unspecified atom stereocenters. The highest BCUT2D eigenvalue weighted by atomic mass is 19.1. The Balaban J connectivity index is 1.46. The molecule has 7 heteroatoms. The van der Waals surface area contributed by atoms with Gasteiger partial charge in [0.05, 0.1) is 14.2 Å². The molecule has 0 aromatic heterocycles. The van der Waals surface area contributed by atoms with Crippen molar-refractivity contribution in [2.24, 2.45) is 0 Å². The average Bonchev–Trinajstić information content (AvgIpc) is 2.73. The van der Waals surface area contributed by atoms with Crippen molar-refractivity contribution < 1.29 is 18.7 Å². The number of piperazine rings is 1. The number of methoxy groups -OCH3 is 2. The summed E-state index contributed by atoms with van der Waals surface area (Å²) in [5, 5.41) is 2.91. The maximum atomic E-state index is 13.0. The van der Waals surface area contributed by atoms with Gasteiger partial charge in [0.25, 0.3) is 0 Å². The fourth-order valence-corrected chi connectivity index (χ4v) is 3.23. The van der Waals surface area contributed by atoms with Crippen LogP contribution in [0.3, 0.4) is 0 Å².